The minimum Gasteiger partial charge on any atom is -0.330 e. The third-order valence-electron chi connectivity index (χ3n) is 3.13. The van der Waals surface area contributed by atoms with Crippen LogP contribution in [0.25, 0.3) is 0 Å². The number of hydrogen-bond donors (Lipinski definition) is 1. The Labute approximate surface area is 94.5 Å². The van der Waals surface area contributed by atoms with Crippen LogP contribution in [-0.2, 0) is 0 Å². The Morgan fingerprint density at radius 2 is 2.13 bits per heavy atom. The normalized spacial score (nSPS) is 19.7. The van der Waals surface area contributed by atoms with Crippen LogP contribution in [0.1, 0.15) is 33.1 Å². The zero-order chi connectivity index (χ0) is 11.1. The first kappa shape index (κ1) is 12.7. The molecule has 0 aromatic heterocycles. The predicted octanol–water partition coefficient (Wildman–Crippen LogP) is 2.26. The van der Waals surface area contributed by atoms with Crippen LogP contribution in [0, 0.1) is 11.8 Å². The van der Waals surface area contributed by atoms with Crippen molar-refractivity contribution in [3.05, 3.63) is 12.2 Å². The second-order valence-corrected chi connectivity index (χ2v) is 5.08. The average molecular weight is 210 g/mol. The number of hydrogen-bond acceptors (Lipinski definition) is 2. The fourth-order valence-electron chi connectivity index (χ4n) is 2.26. The van der Waals surface area contributed by atoms with Crippen molar-refractivity contribution in [2.24, 2.45) is 17.6 Å². The van der Waals surface area contributed by atoms with Gasteiger partial charge < -0.3 is 5.73 Å². The highest BCUT2D eigenvalue weighted by Gasteiger charge is 2.12. The van der Waals surface area contributed by atoms with Gasteiger partial charge in [-0.1, -0.05) is 26.0 Å². The standard InChI is InChI=1S/C13H26N2/c1-12(2)10-13(11-14)6-9-15-7-4-3-5-8-15/h3-4,12-13H,5-11,14H2,1-2H3. The van der Waals surface area contributed by atoms with Crippen LogP contribution in [0.3, 0.4) is 0 Å². The van der Waals surface area contributed by atoms with Gasteiger partial charge in [-0.05, 0) is 44.2 Å². The number of nitrogens with zero attached hydrogens (tertiary/aromatic N) is 1. The van der Waals surface area contributed by atoms with Crippen molar-refractivity contribution in [3.8, 4) is 0 Å². The smallest absolute Gasteiger partial charge is 0.0163 e. The van der Waals surface area contributed by atoms with Gasteiger partial charge >= 0.3 is 0 Å². The number of rotatable bonds is 6. The highest BCUT2D eigenvalue weighted by Crippen LogP contribution is 2.15. The molecular weight excluding hydrogens is 184 g/mol. The topological polar surface area (TPSA) is 29.3 Å². The summed E-state index contributed by atoms with van der Waals surface area (Å²) in [5.74, 6) is 1.50. The second kappa shape index (κ2) is 7.02. The largest absolute Gasteiger partial charge is 0.330 e. The minimum atomic E-state index is 0.718. The predicted molar refractivity (Wildman–Crippen MR) is 66.8 cm³/mol. The molecule has 0 saturated heterocycles. The lowest BCUT2D eigenvalue weighted by atomic mass is 9.94. The first-order valence-corrected chi connectivity index (χ1v) is 6.29. The van der Waals surface area contributed by atoms with Crippen molar-refractivity contribution in [1.82, 2.24) is 4.90 Å². The molecule has 1 atom stereocenters. The van der Waals surface area contributed by atoms with E-state index in [1.165, 1.54) is 32.4 Å². The van der Waals surface area contributed by atoms with Crippen molar-refractivity contribution >= 4 is 0 Å². The molecule has 0 radical (unpaired) electrons. The molecule has 1 aliphatic rings. The van der Waals surface area contributed by atoms with Crippen molar-refractivity contribution < 1.29 is 0 Å². The Hall–Kier alpha value is -0.340. The van der Waals surface area contributed by atoms with E-state index >= 15 is 0 Å². The maximum absolute atomic E-state index is 5.80. The molecule has 1 unspecified atom stereocenters. The van der Waals surface area contributed by atoms with Gasteiger partial charge in [-0.3, -0.25) is 4.90 Å². The van der Waals surface area contributed by atoms with E-state index in [9.17, 15) is 0 Å². The Bertz CT molecular complexity index is 187. The van der Waals surface area contributed by atoms with E-state index in [2.05, 4.69) is 30.9 Å². The Morgan fingerprint density at radius 3 is 2.67 bits per heavy atom. The zero-order valence-corrected chi connectivity index (χ0v) is 10.3. The van der Waals surface area contributed by atoms with Gasteiger partial charge in [0.05, 0.1) is 0 Å². The summed E-state index contributed by atoms with van der Waals surface area (Å²) in [6.45, 7) is 9.01. The molecule has 0 aromatic rings. The number of nitrogens with two attached hydrogens (primary N) is 1. The van der Waals surface area contributed by atoms with Gasteiger partial charge in [-0.15, -0.1) is 0 Å². The van der Waals surface area contributed by atoms with Crippen molar-refractivity contribution in [2.75, 3.05) is 26.2 Å². The summed E-state index contributed by atoms with van der Waals surface area (Å²) in [6, 6.07) is 0. The molecule has 2 N–H and O–H groups in total. The van der Waals surface area contributed by atoms with Gasteiger partial charge in [0.2, 0.25) is 0 Å². The van der Waals surface area contributed by atoms with Crippen molar-refractivity contribution in [1.29, 1.82) is 0 Å². The SMILES string of the molecule is CC(C)CC(CN)CCN1CC=CCC1. The lowest BCUT2D eigenvalue weighted by molar-refractivity contribution is 0.260. The van der Waals surface area contributed by atoms with Gasteiger partial charge in [0.15, 0.2) is 0 Å². The first-order chi connectivity index (χ1) is 7.22. The van der Waals surface area contributed by atoms with E-state index in [0.717, 1.165) is 24.9 Å². The highest BCUT2D eigenvalue weighted by atomic mass is 15.1. The van der Waals surface area contributed by atoms with E-state index in [-0.39, 0.29) is 0 Å². The molecule has 1 heterocycles. The third kappa shape index (κ3) is 5.33. The van der Waals surface area contributed by atoms with Crippen LogP contribution in [0.4, 0.5) is 0 Å². The summed E-state index contributed by atoms with van der Waals surface area (Å²) in [4.78, 5) is 2.53. The molecule has 2 heteroatoms. The van der Waals surface area contributed by atoms with E-state index in [1.54, 1.807) is 0 Å². The van der Waals surface area contributed by atoms with Gasteiger partial charge in [-0.25, -0.2) is 0 Å². The third-order valence-corrected chi connectivity index (χ3v) is 3.13. The first-order valence-electron chi connectivity index (χ1n) is 6.29. The van der Waals surface area contributed by atoms with Crippen LogP contribution in [0.5, 0.6) is 0 Å². The monoisotopic (exact) mass is 210 g/mol. The lowest BCUT2D eigenvalue weighted by Crippen LogP contribution is -2.31. The zero-order valence-electron chi connectivity index (χ0n) is 10.3. The van der Waals surface area contributed by atoms with Crippen LogP contribution in [0.15, 0.2) is 12.2 Å². The minimum absolute atomic E-state index is 0.718. The Balaban J connectivity index is 2.18. The summed E-state index contributed by atoms with van der Waals surface area (Å²) < 4.78 is 0. The molecule has 0 aromatic carbocycles. The molecule has 0 bridgehead atoms. The summed E-state index contributed by atoms with van der Waals surface area (Å²) >= 11 is 0. The van der Waals surface area contributed by atoms with Gasteiger partial charge in [0.25, 0.3) is 0 Å². The van der Waals surface area contributed by atoms with E-state index in [4.69, 9.17) is 5.73 Å². The molecule has 15 heavy (non-hydrogen) atoms. The fourth-order valence-corrected chi connectivity index (χ4v) is 2.26. The van der Waals surface area contributed by atoms with E-state index in [0.29, 0.717) is 0 Å². The molecule has 1 rings (SSSR count). The molecule has 0 saturated carbocycles. The molecule has 0 fully saturated rings. The van der Waals surface area contributed by atoms with Crippen LogP contribution in [0.2, 0.25) is 0 Å². The van der Waals surface area contributed by atoms with Crippen LogP contribution >= 0.6 is 0 Å². The van der Waals surface area contributed by atoms with Crippen molar-refractivity contribution in [2.45, 2.75) is 33.1 Å². The average Bonchev–Trinajstić information content (AvgIpc) is 2.25. The molecule has 2 nitrogen and oxygen atoms in total. The molecule has 88 valence electrons. The maximum Gasteiger partial charge on any atom is 0.0163 e. The molecular formula is C13H26N2. The summed E-state index contributed by atoms with van der Waals surface area (Å²) in [7, 11) is 0. The summed E-state index contributed by atoms with van der Waals surface area (Å²) in [6.07, 6.45) is 8.33. The van der Waals surface area contributed by atoms with Crippen LogP contribution in [-0.4, -0.2) is 31.1 Å². The van der Waals surface area contributed by atoms with Gasteiger partial charge in [0.1, 0.15) is 0 Å². The molecule has 0 amide bonds. The highest BCUT2D eigenvalue weighted by molar-refractivity contribution is 4.90. The quantitative estimate of drug-likeness (QED) is 0.681. The second-order valence-electron chi connectivity index (χ2n) is 5.08. The molecule has 0 spiro atoms. The molecule has 0 aliphatic carbocycles. The van der Waals surface area contributed by atoms with Gasteiger partial charge in [-0.2, -0.15) is 0 Å². The fraction of sp³-hybridized carbons (Fsp3) is 0.846. The molecule has 1 aliphatic heterocycles. The van der Waals surface area contributed by atoms with E-state index in [1.807, 2.05) is 0 Å². The van der Waals surface area contributed by atoms with Gasteiger partial charge in [0, 0.05) is 13.1 Å². The maximum atomic E-state index is 5.80. The lowest BCUT2D eigenvalue weighted by Gasteiger charge is -2.25. The Morgan fingerprint density at radius 1 is 1.33 bits per heavy atom. The van der Waals surface area contributed by atoms with E-state index < -0.39 is 0 Å². The summed E-state index contributed by atoms with van der Waals surface area (Å²) in [5.41, 5.74) is 5.80. The van der Waals surface area contributed by atoms with Crippen molar-refractivity contribution in [3.63, 3.8) is 0 Å². The Kier molecular flexibility index (Phi) is 5.96. The van der Waals surface area contributed by atoms with Crippen LogP contribution < -0.4 is 5.73 Å². The summed E-state index contributed by atoms with van der Waals surface area (Å²) in [5, 5.41) is 0.